The van der Waals surface area contributed by atoms with E-state index in [1.54, 1.807) is 25.3 Å². The van der Waals surface area contributed by atoms with Crippen LogP contribution in [0.5, 0.6) is 5.75 Å². The highest BCUT2D eigenvalue weighted by Gasteiger charge is 2.03. The molecule has 0 aliphatic carbocycles. The molecular formula is C13H14N2O2. The summed E-state index contributed by atoms with van der Waals surface area (Å²) in [6, 6.07) is 5.34. The molecule has 0 unspecified atom stereocenters. The van der Waals surface area contributed by atoms with Gasteiger partial charge in [0.15, 0.2) is 0 Å². The van der Waals surface area contributed by atoms with E-state index in [-0.39, 0.29) is 5.56 Å². The number of nitrogens with zero attached hydrogens (tertiary/aromatic N) is 2. The van der Waals surface area contributed by atoms with Crippen molar-refractivity contribution in [1.29, 1.82) is 0 Å². The number of hydrogen-bond donors (Lipinski definition) is 0. The Morgan fingerprint density at radius 2 is 2.35 bits per heavy atom. The van der Waals surface area contributed by atoms with Gasteiger partial charge >= 0.3 is 0 Å². The Kier molecular flexibility index (Phi) is 3.23. The second-order valence-corrected chi connectivity index (χ2v) is 3.77. The largest absolute Gasteiger partial charge is 0.493 e. The molecule has 4 nitrogen and oxygen atoms in total. The summed E-state index contributed by atoms with van der Waals surface area (Å²) in [5, 5.41) is 0.575. The van der Waals surface area contributed by atoms with Crippen molar-refractivity contribution >= 4 is 10.9 Å². The first-order valence-corrected chi connectivity index (χ1v) is 5.41. The van der Waals surface area contributed by atoms with Crippen molar-refractivity contribution in [3.63, 3.8) is 0 Å². The lowest BCUT2D eigenvalue weighted by molar-refractivity contribution is 0.325. The summed E-state index contributed by atoms with van der Waals surface area (Å²) in [6.07, 6.45) is 4.09. The van der Waals surface area contributed by atoms with E-state index in [4.69, 9.17) is 4.74 Å². The third-order valence-corrected chi connectivity index (χ3v) is 2.48. The van der Waals surface area contributed by atoms with Crippen LogP contribution in [0.25, 0.3) is 10.9 Å². The van der Waals surface area contributed by atoms with Crippen molar-refractivity contribution in [3.05, 3.63) is 47.5 Å². The lowest BCUT2D eigenvalue weighted by atomic mass is 10.2. The Labute approximate surface area is 99.2 Å². The fraction of sp³-hybridized carbons (Fsp3) is 0.231. The average Bonchev–Trinajstić information content (AvgIpc) is 2.35. The number of ether oxygens (including phenoxy) is 1. The van der Waals surface area contributed by atoms with Crippen LogP contribution in [0.1, 0.15) is 6.42 Å². The molecule has 17 heavy (non-hydrogen) atoms. The second-order valence-electron chi connectivity index (χ2n) is 3.77. The maximum Gasteiger partial charge on any atom is 0.261 e. The molecule has 0 fully saturated rings. The third kappa shape index (κ3) is 2.36. The van der Waals surface area contributed by atoms with E-state index in [1.807, 2.05) is 6.07 Å². The van der Waals surface area contributed by atoms with Gasteiger partial charge in [0.25, 0.3) is 5.56 Å². The Hall–Kier alpha value is -2.10. The second kappa shape index (κ2) is 4.82. The highest BCUT2D eigenvalue weighted by Crippen LogP contribution is 2.16. The van der Waals surface area contributed by atoms with Crippen LogP contribution in [0.2, 0.25) is 0 Å². The molecule has 0 radical (unpaired) electrons. The van der Waals surface area contributed by atoms with Crippen LogP contribution in [0.15, 0.2) is 42.0 Å². The summed E-state index contributed by atoms with van der Waals surface area (Å²) < 4.78 is 6.96. The Bertz CT molecular complexity index is 602. The standard InChI is InChI=1S/C13H14N2O2/c1-3-4-7-17-10-5-6-12-11(8-10)13(16)15(2)9-14-12/h3,5-6,8-9H,1,4,7H2,2H3. The van der Waals surface area contributed by atoms with Crippen molar-refractivity contribution in [1.82, 2.24) is 9.55 Å². The van der Waals surface area contributed by atoms with Gasteiger partial charge in [-0.1, -0.05) is 6.08 Å². The van der Waals surface area contributed by atoms with Gasteiger partial charge in [-0.25, -0.2) is 4.98 Å². The maximum atomic E-state index is 11.9. The predicted octanol–water partition coefficient (Wildman–Crippen LogP) is 1.89. The molecule has 0 spiro atoms. The molecule has 0 saturated heterocycles. The number of aryl methyl sites for hydroxylation is 1. The Morgan fingerprint density at radius 3 is 3.12 bits per heavy atom. The molecule has 0 amide bonds. The van der Waals surface area contributed by atoms with E-state index < -0.39 is 0 Å². The molecule has 88 valence electrons. The first-order chi connectivity index (χ1) is 8.22. The fourth-order valence-corrected chi connectivity index (χ4v) is 1.54. The van der Waals surface area contributed by atoms with Crippen molar-refractivity contribution < 1.29 is 4.74 Å². The molecule has 0 saturated carbocycles. The zero-order valence-corrected chi connectivity index (χ0v) is 9.72. The SMILES string of the molecule is C=CCCOc1ccc2ncn(C)c(=O)c2c1. The number of rotatable bonds is 4. The van der Waals surface area contributed by atoms with Gasteiger partial charge in [-0.05, 0) is 24.6 Å². The van der Waals surface area contributed by atoms with Gasteiger partial charge in [-0.2, -0.15) is 0 Å². The van der Waals surface area contributed by atoms with E-state index in [2.05, 4.69) is 11.6 Å². The lowest BCUT2D eigenvalue weighted by Gasteiger charge is -2.06. The van der Waals surface area contributed by atoms with Crippen LogP contribution >= 0.6 is 0 Å². The zero-order valence-electron chi connectivity index (χ0n) is 9.72. The molecule has 0 atom stereocenters. The van der Waals surface area contributed by atoms with Crippen LogP contribution in [0, 0.1) is 0 Å². The van der Waals surface area contributed by atoms with Crippen molar-refractivity contribution in [2.24, 2.45) is 7.05 Å². The summed E-state index contributed by atoms with van der Waals surface area (Å²) in [6.45, 7) is 4.19. The van der Waals surface area contributed by atoms with Crippen LogP contribution in [0.3, 0.4) is 0 Å². The highest BCUT2D eigenvalue weighted by atomic mass is 16.5. The van der Waals surface area contributed by atoms with Crippen molar-refractivity contribution in [3.8, 4) is 5.75 Å². The number of benzene rings is 1. The van der Waals surface area contributed by atoms with Crippen LogP contribution < -0.4 is 10.3 Å². The van der Waals surface area contributed by atoms with Gasteiger partial charge in [0.2, 0.25) is 0 Å². The fourth-order valence-electron chi connectivity index (χ4n) is 1.54. The van der Waals surface area contributed by atoms with Gasteiger partial charge in [0.1, 0.15) is 5.75 Å². The molecule has 0 N–H and O–H groups in total. The summed E-state index contributed by atoms with van der Waals surface area (Å²) in [4.78, 5) is 16.0. The monoisotopic (exact) mass is 230 g/mol. The zero-order chi connectivity index (χ0) is 12.3. The minimum absolute atomic E-state index is 0.0656. The van der Waals surface area contributed by atoms with E-state index in [9.17, 15) is 4.79 Å². The van der Waals surface area contributed by atoms with E-state index >= 15 is 0 Å². The van der Waals surface area contributed by atoms with Gasteiger partial charge in [0.05, 0.1) is 23.8 Å². The molecule has 4 heteroatoms. The van der Waals surface area contributed by atoms with Gasteiger partial charge in [-0.15, -0.1) is 6.58 Å². The number of fused-ring (bicyclic) bond motifs is 1. The molecule has 2 rings (SSSR count). The molecule has 0 aliphatic rings. The predicted molar refractivity (Wildman–Crippen MR) is 67.3 cm³/mol. The first kappa shape index (κ1) is 11.4. The number of aromatic nitrogens is 2. The van der Waals surface area contributed by atoms with Crippen molar-refractivity contribution in [2.45, 2.75) is 6.42 Å². The maximum absolute atomic E-state index is 11.9. The Balaban J connectivity index is 2.38. The summed E-state index contributed by atoms with van der Waals surface area (Å²) >= 11 is 0. The summed E-state index contributed by atoms with van der Waals surface area (Å²) in [5.41, 5.74) is 0.619. The van der Waals surface area contributed by atoms with Crippen LogP contribution in [-0.4, -0.2) is 16.2 Å². The van der Waals surface area contributed by atoms with E-state index in [1.165, 1.54) is 10.9 Å². The molecule has 0 aliphatic heterocycles. The van der Waals surface area contributed by atoms with Gasteiger partial charge in [0, 0.05) is 7.05 Å². The van der Waals surface area contributed by atoms with Crippen LogP contribution in [-0.2, 0) is 7.05 Å². The first-order valence-electron chi connectivity index (χ1n) is 5.41. The minimum atomic E-state index is -0.0656. The summed E-state index contributed by atoms with van der Waals surface area (Å²) in [7, 11) is 1.68. The van der Waals surface area contributed by atoms with Gasteiger partial charge in [-0.3, -0.25) is 4.79 Å². The lowest BCUT2D eigenvalue weighted by Crippen LogP contribution is -2.16. The molecule has 2 aromatic rings. The summed E-state index contributed by atoms with van der Waals surface area (Å²) in [5.74, 6) is 0.685. The van der Waals surface area contributed by atoms with E-state index in [0.29, 0.717) is 23.3 Å². The highest BCUT2D eigenvalue weighted by molar-refractivity contribution is 5.78. The molecule has 1 aromatic heterocycles. The van der Waals surface area contributed by atoms with E-state index in [0.717, 1.165) is 6.42 Å². The third-order valence-electron chi connectivity index (χ3n) is 2.48. The Morgan fingerprint density at radius 1 is 1.53 bits per heavy atom. The minimum Gasteiger partial charge on any atom is -0.493 e. The number of hydrogen-bond acceptors (Lipinski definition) is 3. The normalized spacial score (nSPS) is 10.4. The molecular weight excluding hydrogens is 216 g/mol. The molecule has 1 heterocycles. The quantitative estimate of drug-likeness (QED) is 0.595. The van der Waals surface area contributed by atoms with Crippen molar-refractivity contribution in [2.75, 3.05) is 6.61 Å². The molecule has 1 aromatic carbocycles. The van der Waals surface area contributed by atoms with Gasteiger partial charge < -0.3 is 9.30 Å². The van der Waals surface area contributed by atoms with Crippen LogP contribution in [0.4, 0.5) is 0 Å². The smallest absolute Gasteiger partial charge is 0.261 e. The molecule has 0 bridgehead atoms. The average molecular weight is 230 g/mol. The topological polar surface area (TPSA) is 44.1 Å².